The molecule has 2 N–H and O–H groups in total. The maximum Gasteiger partial charge on any atom is 0.269 e. The van der Waals surface area contributed by atoms with E-state index in [-0.39, 0.29) is 11.1 Å². The zero-order chi connectivity index (χ0) is 11.5. The van der Waals surface area contributed by atoms with Crippen molar-refractivity contribution in [1.82, 2.24) is 0 Å². The zero-order valence-corrected chi connectivity index (χ0v) is 8.77. The highest BCUT2D eigenvalue weighted by Crippen LogP contribution is 2.26. The van der Waals surface area contributed by atoms with Gasteiger partial charge in [0.15, 0.2) is 0 Å². The topological polar surface area (TPSA) is 78.4 Å². The summed E-state index contributed by atoms with van der Waals surface area (Å²) in [7, 11) is 0. The number of nitro benzene ring substituents is 1. The van der Waals surface area contributed by atoms with Crippen LogP contribution in [-0.2, 0) is 10.3 Å². The van der Waals surface area contributed by atoms with Crippen LogP contribution in [0.5, 0.6) is 0 Å². The van der Waals surface area contributed by atoms with Crippen LogP contribution >= 0.6 is 0 Å². The fraction of sp³-hybridized carbons (Fsp3) is 0.400. The molecular formula is C10H14N2O3. The minimum atomic E-state index is -0.414. The molecule has 5 heteroatoms. The minimum absolute atomic E-state index is 0.0811. The molecule has 0 fully saturated rings. The zero-order valence-electron chi connectivity index (χ0n) is 8.77. The molecular weight excluding hydrogens is 196 g/mol. The predicted molar refractivity (Wildman–Crippen MR) is 56.3 cm³/mol. The molecule has 82 valence electrons. The maximum atomic E-state index is 10.6. The van der Waals surface area contributed by atoms with Crippen molar-refractivity contribution in [2.75, 3.05) is 6.61 Å². The molecule has 0 aromatic heterocycles. The van der Waals surface area contributed by atoms with Crippen molar-refractivity contribution < 1.29 is 9.76 Å². The first-order valence-electron chi connectivity index (χ1n) is 4.54. The van der Waals surface area contributed by atoms with Gasteiger partial charge in [0.2, 0.25) is 0 Å². The first kappa shape index (κ1) is 11.6. The quantitative estimate of drug-likeness (QED) is 0.606. The van der Waals surface area contributed by atoms with Crippen LogP contribution in [0.15, 0.2) is 24.3 Å². The Morgan fingerprint density at radius 3 is 2.73 bits per heavy atom. The van der Waals surface area contributed by atoms with Crippen LogP contribution in [0.4, 0.5) is 5.69 Å². The first-order valence-corrected chi connectivity index (χ1v) is 4.54. The van der Waals surface area contributed by atoms with Crippen molar-refractivity contribution in [1.29, 1.82) is 0 Å². The van der Waals surface area contributed by atoms with Crippen LogP contribution in [0.3, 0.4) is 0 Å². The predicted octanol–water partition coefficient (Wildman–Crippen LogP) is 1.76. The average molecular weight is 210 g/mol. The Bertz CT molecular complexity index is 363. The van der Waals surface area contributed by atoms with Crippen molar-refractivity contribution in [2.24, 2.45) is 5.90 Å². The van der Waals surface area contributed by atoms with Crippen molar-refractivity contribution >= 4 is 5.69 Å². The molecule has 0 radical (unpaired) electrons. The molecule has 0 saturated carbocycles. The Labute approximate surface area is 88.0 Å². The summed E-state index contributed by atoms with van der Waals surface area (Å²) in [4.78, 5) is 14.8. The number of non-ortho nitro benzene ring substituents is 1. The molecule has 0 aliphatic rings. The van der Waals surface area contributed by atoms with E-state index >= 15 is 0 Å². The molecule has 5 nitrogen and oxygen atoms in total. The number of nitro groups is 1. The van der Waals surface area contributed by atoms with Gasteiger partial charge in [0, 0.05) is 17.5 Å². The van der Waals surface area contributed by atoms with E-state index in [1.54, 1.807) is 12.1 Å². The molecule has 0 aliphatic carbocycles. The molecule has 0 aliphatic heterocycles. The summed E-state index contributed by atoms with van der Waals surface area (Å²) in [6.45, 7) is 4.14. The highest BCUT2D eigenvalue weighted by molar-refractivity contribution is 5.37. The lowest BCUT2D eigenvalue weighted by molar-refractivity contribution is -0.385. The van der Waals surface area contributed by atoms with Gasteiger partial charge in [0.1, 0.15) is 0 Å². The van der Waals surface area contributed by atoms with E-state index in [1.165, 1.54) is 6.07 Å². The van der Waals surface area contributed by atoms with E-state index in [4.69, 9.17) is 5.90 Å². The highest BCUT2D eigenvalue weighted by Gasteiger charge is 2.22. The molecule has 0 amide bonds. The second-order valence-electron chi connectivity index (χ2n) is 4.00. The first-order chi connectivity index (χ1) is 6.97. The fourth-order valence-corrected chi connectivity index (χ4v) is 1.33. The van der Waals surface area contributed by atoms with Crippen LogP contribution in [0.2, 0.25) is 0 Å². The summed E-state index contributed by atoms with van der Waals surface area (Å²) in [5, 5.41) is 10.6. The smallest absolute Gasteiger partial charge is 0.269 e. The second kappa shape index (κ2) is 4.37. The van der Waals surface area contributed by atoms with E-state index in [0.717, 1.165) is 5.56 Å². The molecule has 15 heavy (non-hydrogen) atoms. The van der Waals surface area contributed by atoms with Gasteiger partial charge in [-0.1, -0.05) is 26.0 Å². The van der Waals surface area contributed by atoms with E-state index < -0.39 is 4.92 Å². The van der Waals surface area contributed by atoms with E-state index in [2.05, 4.69) is 4.84 Å². The molecule has 0 heterocycles. The van der Waals surface area contributed by atoms with Gasteiger partial charge in [-0.2, -0.15) is 0 Å². The van der Waals surface area contributed by atoms with Gasteiger partial charge < -0.3 is 4.84 Å². The molecule has 1 rings (SSSR count). The van der Waals surface area contributed by atoms with Crippen molar-refractivity contribution in [3.8, 4) is 0 Å². The second-order valence-corrected chi connectivity index (χ2v) is 4.00. The van der Waals surface area contributed by atoms with Crippen LogP contribution in [0.25, 0.3) is 0 Å². The standard InChI is InChI=1S/C10H14N2O3/c1-10(2,7-15-11)8-4-3-5-9(6-8)12(13)14/h3-6H,7,11H2,1-2H3. The summed E-state index contributed by atoms with van der Waals surface area (Å²) in [5.41, 5.74) is 0.584. The van der Waals surface area contributed by atoms with Gasteiger partial charge in [-0.25, -0.2) is 5.90 Å². The van der Waals surface area contributed by atoms with Crippen LogP contribution in [0, 0.1) is 10.1 Å². The Balaban J connectivity index is 3.04. The van der Waals surface area contributed by atoms with Crippen LogP contribution in [0.1, 0.15) is 19.4 Å². The van der Waals surface area contributed by atoms with E-state index in [9.17, 15) is 10.1 Å². The van der Waals surface area contributed by atoms with Crippen molar-refractivity contribution in [3.05, 3.63) is 39.9 Å². The van der Waals surface area contributed by atoms with Gasteiger partial charge in [0.25, 0.3) is 5.69 Å². The SMILES string of the molecule is CC(C)(CON)c1cccc([N+](=O)[O-])c1. The third kappa shape index (κ3) is 2.74. The van der Waals surface area contributed by atoms with Crippen molar-refractivity contribution in [3.63, 3.8) is 0 Å². The number of hydrogen-bond donors (Lipinski definition) is 1. The lowest BCUT2D eigenvalue weighted by Gasteiger charge is -2.23. The van der Waals surface area contributed by atoms with Gasteiger partial charge in [-0.05, 0) is 5.56 Å². The van der Waals surface area contributed by atoms with E-state index in [1.807, 2.05) is 19.9 Å². The van der Waals surface area contributed by atoms with Gasteiger partial charge in [0.05, 0.1) is 11.5 Å². The fourth-order valence-electron chi connectivity index (χ4n) is 1.33. The Morgan fingerprint density at radius 1 is 1.53 bits per heavy atom. The normalized spacial score (nSPS) is 11.4. The summed E-state index contributed by atoms with van der Waals surface area (Å²) < 4.78 is 0. The van der Waals surface area contributed by atoms with Crippen LogP contribution in [-0.4, -0.2) is 11.5 Å². The van der Waals surface area contributed by atoms with Gasteiger partial charge in [-0.15, -0.1) is 0 Å². The average Bonchev–Trinajstić information content (AvgIpc) is 2.18. The highest BCUT2D eigenvalue weighted by atomic mass is 16.6. The van der Waals surface area contributed by atoms with Crippen molar-refractivity contribution in [2.45, 2.75) is 19.3 Å². The molecule has 0 saturated heterocycles. The Morgan fingerprint density at radius 2 is 2.20 bits per heavy atom. The lowest BCUT2D eigenvalue weighted by Crippen LogP contribution is -2.26. The summed E-state index contributed by atoms with van der Waals surface area (Å²) in [5.74, 6) is 5.02. The number of nitrogens with two attached hydrogens (primary N) is 1. The lowest BCUT2D eigenvalue weighted by atomic mass is 9.85. The molecule has 0 spiro atoms. The Kier molecular flexibility index (Phi) is 3.39. The van der Waals surface area contributed by atoms with Gasteiger partial charge >= 0.3 is 0 Å². The minimum Gasteiger partial charge on any atom is -0.304 e. The summed E-state index contributed by atoms with van der Waals surface area (Å²) in [6.07, 6.45) is 0. The largest absolute Gasteiger partial charge is 0.304 e. The monoisotopic (exact) mass is 210 g/mol. The number of nitrogens with zero attached hydrogens (tertiary/aromatic N) is 1. The summed E-state index contributed by atoms with van der Waals surface area (Å²) >= 11 is 0. The van der Waals surface area contributed by atoms with Crippen LogP contribution < -0.4 is 5.90 Å². The third-order valence-corrected chi connectivity index (χ3v) is 2.28. The molecule has 0 unspecified atom stereocenters. The number of hydrogen-bond acceptors (Lipinski definition) is 4. The van der Waals surface area contributed by atoms with E-state index in [0.29, 0.717) is 6.61 Å². The summed E-state index contributed by atoms with van der Waals surface area (Å²) in [6, 6.07) is 6.49. The Hall–Kier alpha value is -1.46. The molecule has 1 aromatic rings. The van der Waals surface area contributed by atoms with Gasteiger partial charge in [-0.3, -0.25) is 10.1 Å². The maximum absolute atomic E-state index is 10.6. The molecule has 0 atom stereocenters. The molecule has 1 aromatic carbocycles. The molecule has 0 bridgehead atoms. The third-order valence-electron chi connectivity index (χ3n) is 2.28. The number of rotatable bonds is 4. The number of benzene rings is 1.